The average Bonchev–Trinajstić information content (AvgIpc) is 3.22. The van der Waals surface area contributed by atoms with Crippen molar-refractivity contribution >= 4 is 5.91 Å². The van der Waals surface area contributed by atoms with Crippen LogP contribution in [0.1, 0.15) is 17.3 Å². The van der Waals surface area contributed by atoms with Gasteiger partial charge in [0.25, 0.3) is 0 Å². The molecule has 0 N–H and O–H groups in total. The molecule has 1 unspecified atom stereocenters. The van der Waals surface area contributed by atoms with Gasteiger partial charge in [-0.25, -0.2) is 0 Å². The number of carbonyl (C=O) groups is 1. The zero-order chi connectivity index (χ0) is 18.9. The minimum Gasteiger partial charge on any atom is -0.486 e. The van der Waals surface area contributed by atoms with Gasteiger partial charge in [-0.1, -0.05) is 6.07 Å². The molecule has 7 heteroatoms. The van der Waals surface area contributed by atoms with E-state index in [1.165, 1.54) is 5.69 Å². The van der Waals surface area contributed by atoms with Crippen LogP contribution in [0.15, 0.2) is 36.5 Å². The topological polar surface area (TPSA) is 56.2 Å². The van der Waals surface area contributed by atoms with Gasteiger partial charge in [0.1, 0.15) is 13.2 Å². The Morgan fingerprint density at radius 2 is 1.79 bits per heavy atom. The van der Waals surface area contributed by atoms with E-state index in [1.807, 2.05) is 11.0 Å². The van der Waals surface area contributed by atoms with E-state index in [1.54, 1.807) is 0 Å². The predicted molar refractivity (Wildman–Crippen MR) is 103 cm³/mol. The third-order valence-corrected chi connectivity index (χ3v) is 5.72. The summed E-state index contributed by atoms with van der Waals surface area (Å²) in [7, 11) is 0. The van der Waals surface area contributed by atoms with Gasteiger partial charge in [0.2, 0.25) is 5.91 Å². The van der Waals surface area contributed by atoms with Crippen LogP contribution in [0.2, 0.25) is 0 Å². The van der Waals surface area contributed by atoms with E-state index in [0.29, 0.717) is 46.1 Å². The molecule has 0 aliphatic carbocycles. The molecule has 1 amide bonds. The van der Waals surface area contributed by atoms with Crippen LogP contribution < -0.4 is 9.47 Å². The summed E-state index contributed by atoms with van der Waals surface area (Å²) >= 11 is 0. The maximum Gasteiger partial charge on any atom is 0.236 e. The predicted octanol–water partition coefficient (Wildman–Crippen LogP) is 1.52. The fourth-order valence-electron chi connectivity index (χ4n) is 4.30. The number of fused-ring (bicyclic) bond motifs is 2. The van der Waals surface area contributed by atoms with Gasteiger partial charge in [0.05, 0.1) is 25.8 Å². The number of rotatable bonds is 3. The first kappa shape index (κ1) is 17.6. The van der Waals surface area contributed by atoms with Crippen LogP contribution in [-0.2, 0) is 16.1 Å². The molecule has 2 aromatic rings. The second-order valence-corrected chi connectivity index (χ2v) is 7.40. The van der Waals surface area contributed by atoms with Crippen LogP contribution >= 0.6 is 0 Å². The van der Waals surface area contributed by atoms with Crippen molar-refractivity contribution in [3.8, 4) is 11.5 Å². The standard InChI is InChI=1S/C21H25N3O4/c25-20(23-8-10-26-11-9-23)15-24-7-6-22-5-1-2-17(22)21(24)16-3-4-18-19(14-16)28-13-12-27-18/h1-5,14,21H,6-13,15H2. The summed E-state index contributed by atoms with van der Waals surface area (Å²) in [6.45, 7) is 5.88. The van der Waals surface area contributed by atoms with Crippen molar-refractivity contribution in [3.05, 3.63) is 47.8 Å². The van der Waals surface area contributed by atoms with E-state index < -0.39 is 0 Å². The van der Waals surface area contributed by atoms with E-state index in [9.17, 15) is 4.79 Å². The van der Waals surface area contributed by atoms with E-state index in [0.717, 1.165) is 30.2 Å². The van der Waals surface area contributed by atoms with Crippen molar-refractivity contribution in [1.82, 2.24) is 14.4 Å². The van der Waals surface area contributed by atoms with Crippen LogP contribution in [0, 0.1) is 0 Å². The Balaban J connectivity index is 1.44. The van der Waals surface area contributed by atoms with Crippen LogP contribution in [0.3, 0.4) is 0 Å². The number of hydrogen-bond donors (Lipinski definition) is 0. The molecule has 4 heterocycles. The van der Waals surface area contributed by atoms with Crippen molar-refractivity contribution in [2.24, 2.45) is 0 Å². The molecule has 3 aliphatic rings. The molecule has 0 spiro atoms. The number of morpholine rings is 1. The lowest BCUT2D eigenvalue weighted by Gasteiger charge is -2.38. The summed E-state index contributed by atoms with van der Waals surface area (Å²) in [5, 5.41) is 0. The van der Waals surface area contributed by atoms with Crippen LogP contribution in [0.25, 0.3) is 0 Å². The Labute approximate surface area is 164 Å². The minimum absolute atomic E-state index is 0.0181. The first-order valence-electron chi connectivity index (χ1n) is 9.94. The second kappa shape index (κ2) is 7.48. The Morgan fingerprint density at radius 1 is 0.964 bits per heavy atom. The highest BCUT2D eigenvalue weighted by Gasteiger charge is 2.32. The summed E-state index contributed by atoms with van der Waals surface area (Å²) in [6.07, 6.45) is 2.11. The number of aromatic nitrogens is 1. The summed E-state index contributed by atoms with van der Waals surface area (Å²) < 4.78 is 19.1. The molecular formula is C21H25N3O4. The summed E-state index contributed by atoms with van der Waals surface area (Å²) in [5.74, 6) is 1.75. The number of nitrogens with zero attached hydrogens (tertiary/aromatic N) is 3. The maximum atomic E-state index is 12.9. The van der Waals surface area contributed by atoms with Gasteiger partial charge >= 0.3 is 0 Å². The molecule has 28 heavy (non-hydrogen) atoms. The van der Waals surface area contributed by atoms with E-state index >= 15 is 0 Å². The summed E-state index contributed by atoms with van der Waals surface area (Å²) in [4.78, 5) is 17.1. The summed E-state index contributed by atoms with van der Waals surface area (Å²) in [6, 6.07) is 10.4. The van der Waals surface area contributed by atoms with Gasteiger partial charge in [-0.2, -0.15) is 0 Å². The van der Waals surface area contributed by atoms with Crippen LogP contribution in [0.5, 0.6) is 11.5 Å². The molecule has 1 fully saturated rings. The quantitative estimate of drug-likeness (QED) is 0.805. The number of carbonyl (C=O) groups excluding carboxylic acids is 1. The van der Waals surface area contributed by atoms with Gasteiger partial charge < -0.3 is 23.7 Å². The highest BCUT2D eigenvalue weighted by Crippen LogP contribution is 2.38. The Bertz CT molecular complexity index is 859. The lowest BCUT2D eigenvalue weighted by Crippen LogP contribution is -2.48. The molecule has 7 nitrogen and oxygen atoms in total. The smallest absolute Gasteiger partial charge is 0.236 e. The third kappa shape index (κ3) is 3.25. The fraction of sp³-hybridized carbons (Fsp3) is 0.476. The lowest BCUT2D eigenvalue weighted by molar-refractivity contribution is -0.137. The molecule has 3 aliphatic heterocycles. The first-order valence-corrected chi connectivity index (χ1v) is 9.94. The maximum absolute atomic E-state index is 12.9. The molecule has 148 valence electrons. The van der Waals surface area contributed by atoms with E-state index in [2.05, 4.69) is 39.9 Å². The average molecular weight is 383 g/mol. The minimum atomic E-state index is 0.0181. The van der Waals surface area contributed by atoms with Crippen LogP contribution in [-0.4, -0.2) is 72.9 Å². The number of ether oxygens (including phenoxy) is 3. The SMILES string of the molecule is O=C(CN1CCn2cccc2C1c1ccc2c(c1)OCCO2)N1CCOCC1. The van der Waals surface area contributed by atoms with Gasteiger partial charge in [0.15, 0.2) is 11.5 Å². The normalized spacial score (nSPS) is 22.0. The zero-order valence-corrected chi connectivity index (χ0v) is 15.9. The largest absolute Gasteiger partial charge is 0.486 e. The molecular weight excluding hydrogens is 358 g/mol. The molecule has 1 saturated heterocycles. The molecule has 1 atom stereocenters. The Morgan fingerprint density at radius 3 is 2.64 bits per heavy atom. The number of hydrogen-bond acceptors (Lipinski definition) is 5. The number of benzene rings is 1. The molecule has 1 aromatic heterocycles. The monoisotopic (exact) mass is 383 g/mol. The van der Waals surface area contributed by atoms with E-state index in [4.69, 9.17) is 14.2 Å². The molecule has 0 radical (unpaired) electrons. The molecule has 1 aromatic carbocycles. The molecule has 0 saturated carbocycles. The second-order valence-electron chi connectivity index (χ2n) is 7.40. The van der Waals surface area contributed by atoms with Crippen LogP contribution in [0.4, 0.5) is 0 Å². The zero-order valence-electron chi connectivity index (χ0n) is 15.9. The van der Waals surface area contributed by atoms with Crippen molar-refractivity contribution in [2.75, 3.05) is 52.6 Å². The fourth-order valence-corrected chi connectivity index (χ4v) is 4.30. The van der Waals surface area contributed by atoms with Crippen molar-refractivity contribution in [3.63, 3.8) is 0 Å². The van der Waals surface area contributed by atoms with Crippen molar-refractivity contribution in [2.45, 2.75) is 12.6 Å². The van der Waals surface area contributed by atoms with Gasteiger partial charge in [-0.3, -0.25) is 9.69 Å². The van der Waals surface area contributed by atoms with Crippen molar-refractivity contribution < 1.29 is 19.0 Å². The van der Waals surface area contributed by atoms with E-state index in [-0.39, 0.29) is 11.9 Å². The summed E-state index contributed by atoms with van der Waals surface area (Å²) in [5.41, 5.74) is 2.33. The molecule has 5 rings (SSSR count). The first-order chi connectivity index (χ1) is 13.8. The van der Waals surface area contributed by atoms with Gasteiger partial charge in [0, 0.05) is 38.1 Å². The van der Waals surface area contributed by atoms with Gasteiger partial charge in [-0.05, 0) is 29.8 Å². The van der Waals surface area contributed by atoms with Gasteiger partial charge in [-0.15, -0.1) is 0 Å². The Hall–Kier alpha value is -2.51. The number of amides is 1. The molecule has 0 bridgehead atoms. The lowest BCUT2D eigenvalue weighted by atomic mass is 9.99. The third-order valence-electron chi connectivity index (χ3n) is 5.72. The highest BCUT2D eigenvalue weighted by atomic mass is 16.6. The van der Waals surface area contributed by atoms with Crippen molar-refractivity contribution in [1.29, 1.82) is 0 Å². The Kier molecular flexibility index (Phi) is 4.70. The highest BCUT2D eigenvalue weighted by molar-refractivity contribution is 5.78.